The molecule has 1 amide bonds. The van der Waals surface area contributed by atoms with Crippen molar-refractivity contribution < 1.29 is 14.3 Å². The molecule has 0 radical (unpaired) electrons. The number of halogens is 3. The van der Waals surface area contributed by atoms with Gasteiger partial charge in [-0.1, -0.05) is 53.9 Å². The second-order valence-electron chi connectivity index (χ2n) is 4.93. The van der Waals surface area contributed by atoms with Crippen LogP contribution in [-0.4, -0.2) is 34.1 Å². The number of nitrogens with one attached hydrogen (secondary N) is 3. The van der Waals surface area contributed by atoms with Gasteiger partial charge < -0.3 is 20.7 Å². The number of carbonyl (C=O) groups is 2. The van der Waals surface area contributed by atoms with Gasteiger partial charge in [0.2, 0.25) is 9.70 Å². The summed E-state index contributed by atoms with van der Waals surface area (Å²) in [6.45, 7) is 1.85. The summed E-state index contributed by atoms with van der Waals surface area (Å²) >= 11 is 22.8. The van der Waals surface area contributed by atoms with E-state index in [1.54, 1.807) is 24.3 Å². The highest BCUT2D eigenvalue weighted by Crippen LogP contribution is 2.29. The van der Waals surface area contributed by atoms with Gasteiger partial charge in [-0.2, -0.15) is 0 Å². The molecule has 1 aromatic carbocycles. The van der Waals surface area contributed by atoms with Crippen LogP contribution in [0.4, 0.5) is 5.69 Å². The number of rotatable bonds is 6. The number of amides is 1. The number of para-hydroxylation sites is 1. The highest BCUT2D eigenvalue weighted by molar-refractivity contribution is 7.80. The molecule has 1 aromatic rings. The molecule has 6 nitrogen and oxygen atoms in total. The first-order valence-electron chi connectivity index (χ1n) is 7.30. The molecular formula is C15H18Cl3N3O3S. The summed E-state index contributed by atoms with van der Waals surface area (Å²) < 4.78 is 2.87. The minimum Gasteiger partial charge on any atom is -0.465 e. The second-order valence-corrected chi connectivity index (χ2v) is 7.70. The van der Waals surface area contributed by atoms with Crippen molar-refractivity contribution in [2.75, 3.05) is 12.4 Å². The van der Waals surface area contributed by atoms with E-state index < -0.39 is 15.9 Å². The van der Waals surface area contributed by atoms with Crippen molar-refractivity contribution in [3.05, 3.63) is 29.8 Å². The topological polar surface area (TPSA) is 79.5 Å². The fourth-order valence-corrected chi connectivity index (χ4v) is 2.38. The third-order valence-corrected chi connectivity index (χ3v) is 3.84. The van der Waals surface area contributed by atoms with E-state index in [2.05, 4.69) is 16.0 Å². The normalized spacial score (nSPS) is 12.0. The Balaban J connectivity index is 2.85. The average molecular weight is 427 g/mol. The Labute approximate surface area is 166 Å². The molecule has 1 atom stereocenters. The summed E-state index contributed by atoms with van der Waals surface area (Å²) in [6.07, 6.45) is -0.125. The Morgan fingerprint density at radius 1 is 1.24 bits per heavy atom. The molecule has 3 N–H and O–H groups in total. The molecule has 10 heteroatoms. The van der Waals surface area contributed by atoms with Crippen LogP contribution >= 0.6 is 47.0 Å². The number of anilines is 1. The lowest BCUT2D eigenvalue weighted by atomic mass is 10.2. The molecule has 0 aliphatic heterocycles. The van der Waals surface area contributed by atoms with Crippen LogP contribution in [0.5, 0.6) is 0 Å². The Hall–Kier alpha value is -1.28. The van der Waals surface area contributed by atoms with Crippen LogP contribution in [0.2, 0.25) is 0 Å². The molecule has 0 spiro atoms. The maximum absolute atomic E-state index is 11.8. The Bertz CT molecular complexity index is 638. The van der Waals surface area contributed by atoms with Gasteiger partial charge in [0.25, 0.3) is 0 Å². The van der Waals surface area contributed by atoms with Crippen molar-refractivity contribution in [1.29, 1.82) is 0 Å². The fourth-order valence-electron chi connectivity index (χ4n) is 1.83. The predicted molar refractivity (Wildman–Crippen MR) is 104 cm³/mol. The van der Waals surface area contributed by atoms with Gasteiger partial charge in [-0.25, -0.2) is 4.79 Å². The van der Waals surface area contributed by atoms with Gasteiger partial charge in [0, 0.05) is 6.42 Å². The zero-order valence-electron chi connectivity index (χ0n) is 13.6. The van der Waals surface area contributed by atoms with Gasteiger partial charge in [0.05, 0.1) is 18.4 Å². The van der Waals surface area contributed by atoms with Gasteiger partial charge in [0.15, 0.2) is 5.11 Å². The number of hydrogen-bond donors (Lipinski definition) is 3. The summed E-state index contributed by atoms with van der Waals surface area (Å²) in [5, 5.41) is 8.16. The standard InChI is InChI=1S/C15H18Cl3N3O3S/c1-3-6-11(22)20-13(15(16,17)18)21-14(25)19-10-8-5-4-7-9(10)12(23)24-2/h4-5,7-8,13H,3,6H2,1-2H3,(H,20,22)(H2,19,21,25)/t13-/m1/s1. The summed E-state index contributed by atoms with van der Waals surface area (Å²) in [5.74, 6) is -0.816. The molecule has 0 aliphatic carbocycles. The van der Waals surface area contributed by atoms with Crippen LogP contribution in [0.15, 0.2) is 24.3 Å². The maximum Gasteiger partial charge on any atom is 0.339 e. The highest BCUT2D eigenvalue weighted by Gasteiger charge is 2.34. The molecule has 0 heterocycles. The predicted octanol–water partition coefficient (Wildman–Crippen LogP) is 3.37. The second kappa shape index (κ2) is 10.0. The van der Waals surface area contributed by atoms with Crippen LogP contribution in [0.1, 0.15) is 30.1 Å². The van der Waals surface area contributed by atoms with Crippen molar-refractivity contribution in [1.82, 2.24) is 10.6 Å². The van der Waals surface area contributed by atoms with E-state index in [0.29, 0.717) is 12.1 Å². The average Bonchev–Trinajstić information content (AvgIpc) is 2.53. The SMILES string of the molecule is CCCC(=O)N[C@H](NC(=S)Nc1ccccc1C(=O)OC)C(Cl)(Cl)Cl. The number of methoxy groups -OCH3 is 1. The minimum absolute atomic E-state index is 0.0597. The van der Waals surface area contributed by atoms with Crippen molar-refractivity contribution in [2.24, 2.45) is 0 Å². The summed E-state index contributed by atoms with van der Waals surface area (Å²) in [4.78, 5) is 23.5. The molecule has 0 aliphatic rings. The minimum atomic E-state index is -1.84. The number of ether oxygens (including phenoxy) is 1. The molecule has 0 aromatic heterocycles. The molecule has 25 heavy (non-hydrogen) atoms. The van der Waals surface area contributed by atoms with Gasteiger partial charge in [-0.15, -0.1) is 0 Å². The third kappa shape index (κ3) is 7.23. The smallest absolute Gasteiger partial charge is 0.339 e. The van der Waals surface area contributed by atoms with Crippen molar-refractivity contribution in [3.63, 3.8) is 0 Å². The van der Waals surface area contributed by atoms with E-state index in [9.17, 15) is 9.59 Å². The van der Waals surface area contributed by atoms with E-state index in [-0.39, 0.29) is 23.0 Å². The zero-order valence-corrected chi connectivity index (χ0v) is 16.7. The zero-order chi connectivity index (χ0) is 19.0. The lowest BCUT2D eigenvalue weighted by molar-refractivity contribution is -0.121. The molecule has 138 valence electrons. The maximum atomic E-state index is 11.8. The van der Waals surface area contributed by atoms with E-state index in [1.807, 2.05) is 6.92 Å². The Morgan fingerprint density at radius 3 is 2.44 bits per heavy atom. The number of carbonyl (C=O) groups excluding carboxylic acids is 2. The van der Waals surface area contributed by atoms with E-state index in [0.717, 1.165) is 0 Å². The molecular weight excluding hydrogens is 409 g/mol. The van der Waals surface area contributed by atoms with Crippen LogP contribution in [-0.2, 0) is 9.53 Å². The van der Waals surface area contributed by atoms with E-state index >= 15 is 0 Å². The van der Waals surface area contributed by atoms with Crippen LogP contribution in [0.3, 0.4) is 0 Å². The van der Waals surface area contributed by atoms with Crippen molar-refractivity contribution in [2.45, 2.75) is 29.7 Å². The lowest BCUT2D eigenvalue weighted by Gasteiger charge is -2.28. The van der Waals surface area contributed by atoms with Crippen LogP contribution < -0.4 is 16.0 Å². The summed E-state index contributed by atoms with van der Waals surface area (Å²) in [7, 11) is 1.28. The summed E-state index contributed by atoms with van der Waals surface area (Å²) in [6, 6.07) is 6.61. The molecule has 0 bridgehead atoms. The first-order valence-corrected chi connectivity index (χ1v) is 8.84. The molecule has 0 unspecified atom stereocenters. The van der Waals surface area contributed by atoms with Gasteiger partial charge >= 0.3 is 5.97 Å². The highest BCUT2D eigenvalue weighted by atomic mass is 35.6. The van der Waals surface area contributed by atoms with E-state index in [1.165, 1.54) is 7.11 Å². The Kier molecular flexibility index (Phi) is 8.71. The monoisotopic (exact) mass is 425 g/mol. The summed E-state index contributed by atoms with van der Waals surface area (Å²) in [5.41, 5.74) is 0.699. The molecule has 0 fully saturated rings. The molecule has 0 saturated carbocycles. The number of thiocarbonyl (C=S) groups is 1. The first kappa shape index (κ1) is 21.8. The van der Waals surface area contributed by atoms with Gasteiger partial charge in [0.1, 0.15) is 6.17 Å². The third-order valence-electron chi connectivity index (χ3n) is 2.97. The molecule has 0 saturated heterocycles. The van der Waals surface area contributed by atoms with E-state index in [4.69, 9.17) is 51.8 Å². The number of esters is 1. The van der Waals surface area contributed by atoms with Crippen LogP contribution in [0.25, 0.3) is 0 Å². The van der Waals surface area contributed by atoms with Crippen molar-refractivity contribution >= 4 is 69.7 Å². The number of benzene rings is 1. The first-order chi connectivity index (χ1) is 11.7. The number of alkyl halides is 3. The fraction of sp³-hybridized carbons (Fsp3) is 0.400. The van der Waals surface area contributed by atoms with Crippen LogP contribution in [0, 0.1) is 0 Å². The number of hydrogen-bond acceptors (Lipinski definition) is 4. The molecule has 1 rings (SSSR count). The van der Waals surface area contributed by atoms with Gasteiger partial charge in [-0.3, -0.25) is 4.79 Å². The Morgan fingerprint density at radius 2 is 1.88 bits per heavy atom. The largest absolute Gasteiger partial charge is 0.465 e. The quantitative estimate of drug-likeness (QED) is 0.280. The van der Waals surface area contributed by atoms with Crippen molar-refractivity contribution in [3.8, 4) is 0 Å². The lowest BCUT2D eigenvalue weighted by Crippen LogP contribution is -2.56. The van der Waals surface area contributed by atoms with Gasteiger partial charge in [-0.05, 0) is 30.8 Å².